The summed E-state index contributed by atoms with van der Waals surface area (Å²) in [6.45, 7) is 3.71. The molecule has 0 aromatic carbocycles. The summed E-state index contributed by atoms with van der Waals surface area (Å²) in [5, 5.41) is 0.246. The molecule has 0 radical (unpaired) electrons. The fraction of sp³-hybridized carbons (Fsp3) is 0.375. The Morgan fingerprint density at radius 2 is 2.31 bits per heavy atom. The summed E-state index contributed by atoms with van der Waals surface area (Å²) in [7, 11) is 0. The average Bonchev–Trinajstić information content (AvgIpc) is 2.03. The van der Waals surface area contributed by atoms with Crippen LogP contribution in [0, 0.1) is 6.92 Å². The highest BCUT2D eigenvalue weighted by Crippen LogP contribution is 2.07. The molecule has 0 bridgehead atoms. The first kappa shape index (κ1) is 9.92. The lowest BCUT2D eigenvalue weighted by molar-refractivity contribution is 0.0519. The lowest BCUT2D eigenvalue weighted by Gasteiger charge is -2.01. The number of aryl methyl sites for hydroxylation is 1. The number of rotatable bonds is 2. The maximum Gasteiger partial charge on any atom is 0.357 e. The number of esters is 1. The number of ether oxygens (including phenoxy) is 1. The quantitative estimate of drug-likeness (QED) is 0.538. The Morgan fingerprint density at radius 1 is 1.62 bits per heavy atom. The summed E-state index contributed by atoms with van der Waals surface area (Å²) in [5.41, 5.74) is 0.194. The Kier molecular flexibility index (Phi) is 3.19. The second-order valence-corrected chi connectivity index (χ2v) is 2.73. The van der Waals surface area contributed by atoms with Gasteiger partial charge in [0.2, 0.25) is 0 Å². The van der Waals surface area contributed by atoms with Gasteiger partial charge in [0.25, 0.3) is 0 Å². The highest BCUT2D eigenvalue weighted by molar-refractivity contribution is 6.29. The van der Waals surface area contributed by atoms with Crippen LogP contribution in [0.2, 0.25) is 5.15 Å². The number of carbonyl (C=O) groups is 1. The van der Waals surface area contributed by atoms with Gasteiger partial charge in [-0.3, -0.25) is 0 Å². The molecule has 4 nitrogen and oxygen atoms in total. The van der Waals surface area contributed by atoms with Crippen molar-refractivity contribution in [1.29, 1.82) is 0 Å². The van der Waals surface area contributed by atoms with Gasteiger partial charge in [-0.25, -0.2) is 14.8 Å². The standard InChI is InChI=1S/C8H9ClN2O2/c1-3-13-8(12)6-4-7(9)11-5(2)10-6/h4H,3H2,1-2H3. The van der Waals surface area contributed by atoms with Crippen molar-refractivity contribution in [1.82, 2.24) is 9.97 Å². The van der Waals surface area contributed by atoms with Crippen molar-refractivity contribution in [3.63, 3.8) is 0 Å². The summed E-state index contributed by atoms with van der Waals surface area (Å²) < 4.78 is 4.75. The van der Waals surface area contributed by atoms with Gasteiger partial charge in [-0.15, -0.1) is 0 Å². The van der Waals surface area contributed by atoms with E-state index in [1.165, 1.54) is 6.07 Å². The summed E-state index contributed by atoms with van der Waals surface area (Å²) in [4.78, 5) is 18.9. The molecule has 1 aromatic heterocycles. The summed E-state index contributed by atoms with van der Waals surface area (Å²) >= 11 is 5.64. The van der Waals surface area contributed by atoms with Gasteiger partial charge in [0.15, 0.2) is 5.69 Å². The number of hydrogen-bond acceptors (Lipinski definition) is 4. The Hall–Kier alpha value is -1.16. The molecule has 0 fully saturated rings. The van der Waals surface area contributed by atoms with E-state index in [1.54, 1.807) is 13.8 Å². The van der Waals surface area contributed by atoms with Crippen molar-refractivity contribution in [3.05, 3.63) is 22.7 Å². The van der Waals surface area contributed by atoms with E-state index in [2.05, 4.69) is 9.97 Å². The van der Waals surface area contributed by atoms with Crippen LogP contribution in [0.25, 0.3) is 0 Å². The largest absolute Gasteiger partial charge is 0.461 e. The maximum absolute atomic E-state index is 11.2. The smallest absolute Gasteiger partial charge is 0.357 e. The molecule has 0 spiro atoms. The molecule has 0 amide bonds. The van der Waals surface area contributed by atoms with Crippen LogP contribution >= 0.6 is 11.6 Å². The lowest BCUT2D eigenvalue weighted by atomic mass is 10.4. The first-order chi connectivity index (χ1) is 6.13. The first-order valence-corrected chi connectivity index (χ1v) is 4.19. The van der Waals surface area contributed by atoms with E-state index < -0.39 is 5.97 Å². The molecule has 5 heteroatoms. The molecule has 0 aliphatic rings. The minimum atomic E-state index is -0.477. The van der Waals surface area contributed by atoms with Crippen molar-refractivity contribution >= 4 is 17.6 Å². The molecule has 70 valence electrons. The van der Waals surface area contributed by atoms with Crippen molar-refractivity contribution < 1.29 is 9.53 Å². The van der Waals surface area contributed by atoms with Crippen molar-refractivity contribution in [2.45, 2.75) is 13.8 Å². The van der Waals surface area contributed by atoms with E-state index >= 15 is 0 Å². The van der Waals surface area contributed by atoms with Gasteiger partial charge in [0.05, 0.1) is 6.61 Å². The predicted molar refractivity (Wildman–Crippen MR) is 47.7 cm³/mol. The zero-order valence-corrected chi connectivity index (χ0v) is 8.13. The molecule has 0 saturated heterocycles. The topological polar surface area (TPSA) is 52.1 Å². The Balaban J connectivity index is 2.94. The summed E-state index contributed by atoms with van der Waals surface area (Å²) in [6.07, 6.45) is 0. The van der Waals surface area contributed by atoms with E-state index in [-0.39, 0.29) is 10.8 Å². The first-order valence-electron chi connectivity index (χ1n) is 3.81. The molecule has 1 aromatic rings. The second kappa shape index (κ2) is 4.18. The SMILES string of the molecule is CCOC(=O)c1cc(Cl)nc(C)n1. The molecule has 1 heterocycles. The fourth-order valence-electron chi connectivity index (χ4n) is 0.841. The number of aromatic nitrogens is 2. The minimum absolute atomic E-state index is 0.194. The molecule has 0 aliphatic heterocycles. The van der Waals surface area contributed by atoms with Crippen LogP contribution in [0.1, 0.15) is 23.2 Å². The van der Waals surface area contributed by atoms with Crippen LogP contribution in [0.5, 0.6) is 0 Å². The van der Waals surface area contributed by atoms with Crippen molar-refractivity contribution in [2.75, 3.05) is 6.61 Å². The molecule has 13 heavy (non-hydrogen) atoms. The highest BCUT2D eigenvalue weighted by atomic mass is 35.5. The summed E-state index contributed by atoms with van der Waals surface area (Å²) in [5.74, 6) is -0.0227. The van der Waals surface area contributed by atoms with Crippen molar-refractivity contribution in [3.8, 4) is 0 Å². The monoisotopic (exact) mass is 200 g/mol. The Morgan fingerprint density at radius 3 is 2.85 bits per heavy atom. The predicted octanol–water partition coefficient (Wildman–Crippen LogP) is 1.62. The van der Waals surface area contributed by atoms with Gasteiger partial charge in [0.1, 0.15) is 11.0 Å². The Bertz CT molecular complexity index is 308. The lowest BCUT2D eigenvalue weighted by Crippen LogP contribution is -2.08. The zero-order valence-electron chi connectivity index (χ0n) is 7.37. The molecular weight excluding hydrogens is 192 g/mol. The van der Waals surface area contributed by atoms with Gasteiger partial charge in [-0.2, -0.15) is 0 Å². The van der Waals surface area contributed by atoms with Crippen molar-refractivity contribution in [2.24, 2.45) is 0 Å². The van der Waals surface area contributed by atoms with Gasteiger partial charge >= 0.3 is 5.97 Å². The number of hydrogen-bond donors (Lipinski definition) is 0. The molecule has 1 rings (SSSR count). The van der Waals surface area contributed by atoms with Crippen LogP contribution in [0.3, 0.4) is 0 Å². The third-order valence-corrected chi connectivity index (χ3v) is 1.48. The van der Waals surface area contributed by atoms with Gasteiger partial charge < -0.3 is 4.74 Å². The zero-order chi connectivity index (χ0) is 9.84. The van der Waals surface area contributed by atoms with Crippen LogP contribution < -0.4 is 0 Å². The molecule has 0 atom stereocenters. The minimum Gasteiger partial charge on any atom is -0.461 e. The number of carbonyl (C=O) groups excluding carboxylic acids is 1. The van der Waals surface area contributed by atoms with Gasteiger partial charge in [-0.05, 0) is 13.8 Å². The molecule has 0 saturated carbocycles. The molecular formula is C8H9ClN2O2. The fourth-order valence-corrected chi connectivity index (χ4v) is 1.07. The summed E-state index contributed by atoms with van der Waals surface area (Å²) in [6, 6.07) is 1.38. The molecule has 0 unspecified atom stereocenters. The van der Waals surface area contributed by atoms with Crippen LogP contribution in [-0.4, -0.2) is 22.5 Å². The van der Waals surface area contributed by atoms with Gasteiger partial charge in [0, 0.05) is 6.07 Å². The van der Waals surface area contributed by atoms with Crippen LogP contribution in [0.4, 0.5) is 0 Å². The molecule has 0 N–H and O–H groups in total. The molecule has 0 aliphatic carbocycles. The van der Waals surface area contributed by atoms with E-state index in [0.29, 0.717) is 12.4 Å². The maximum atomic E-state index is 11.2. The van der Waals surface area contributed by atoms with E-state index in [1.807, 2.05) is 0 Å². The highest BCUT2D eigenvalue weighted by Gasteiger charge is 2.09. The van der Waals surface area contributed by atoms with Crippen LogP contribution in [-0.2, 0) is 4.74 Å². The van der Waals surface area contributed by atoms with Crippen LogP contribution in [0.15, 0.2) is 6.07 Å². The Labute approximate surface area is 80.9 Å². The van der Waals surface area contributed by atoms with E-state index in [0.717, 1.165) is 0 Å². The third kappa shape index (κ3) is 2.66. The van der Waals surface area contributed by atoms with Gasteiger partial charge in [-0.1, -0.05) is 11.6 Å². The number of halogens is 1. The number of nitrogens with zero attached hydrogens (tertiary/aromatic N) is 2. The van der Waals surface area contributed by atoms with E-state index in [4.69, 9.17) is 16.3 Å². The van der Waals surface area contributed by atoms with E-state index in [9.17, 15) is 4.79 Å². The third-order valence-electron chi connectivity index (χ3n) is 1.29. The normalized spacial score (nSPS) is 9.77. The second-order valence-electron chi connectivity index (χ2n) is 2.34. The average molecular weight is 201 g/mol.